The van der Waals surface area contributed by atoms with Crippen LogP contribution in [0.1, 0.15) is 25.3 Å². The van der Waals surface area contributed by atoms with Crippen LogP contribution in [0.4, 0.5) is 0 Å². The smallest absolute Gasteiger partial charge is 0.260 e. The van der Waals surface area contributed by atoms with Gasteiger partial charge in [0.15, 0.2) is 6.61 Å². The maximum atomic E-state index is 11.8. The summed E-state index contributed by atoms with van der Waals surface area (Å²) in [6, 6.07) is 8.31. The van der Waals surface area contributed by atoms with E-state index in [4.69, 9.17) is 4.74 Å². The molecule has 1 aromatic rings. The minimum Gasteiger partial charge on any atom is -0.484 e. The topological polar surface area (TPSA) is 41.6 Å². The highest BCUT2D eigenvalue weighted by molar-refractivity contribution is 5.78. The fourth-order valence-corrected chi connectivity index (χ4v) is 1.89. The molecule has 4 nitrogen and oxygen atoms in total. The third-order valence-corrected chi connectivity index (χ3v) is 3.35. The standard InChI is InChI=1S/C15H22N2O2/c1-3-16-10-12-4-8-14(9-5-12)19-11-15(18)17(2)13-6-7-13/h4-5,8-9,13,16H,3,6-7,10-11H2,1-2H3. The van der Waals surface area contributed by atoms with Crippen molar-refractivity contribution in [3.8, 4) is 5.75 Å². The predicted octanol–water partition coefficient (Wildman–Crippen LogP) is 1.80. The molecule has 19 heavy (non-hydrogen) atoms. The van der Waals surface area contributed by atoms with Crippen molar-refractivity contribution in [1.82, 2.24) is 10.2 Å². The number of carbonyl (C=O) groups excluding carboxylic acids is 1. The minimum atomic E-state index is 0.0548. The molecule has 1 fully saturated rings. The van der Waals surface area contributed by atoms with E-state index < -0.39 is 0 Å². The lowest BCUT2D eigenvalue weighted by Crippen LogP contribution is -2.33. The molecule has 0 aromatic heterocycles. The first-order valence-electron chi connectivity index (χ1n) is 6.89. The molecular weight excluding hydrogens is 240 g/mol. The molecule has 1 saturated carbocycles. The Balaban J connectivity index is 1.77. The second-order valence-electron chi connectivity index (χ2n) is 4.95. The van der Waals surface area contributed by atoms with Gasteiger partial charge in [-0.2, -0.15) is 0 Å². The lowest BCUT2D eigenvalue weighted by molar-refractivity contribution is -0.132. The zero-order valence-corrected chi connectivity index (χ0v) is 11.7. The number of benzene rings is 1. The summed E-state index contributed by atoms with van der Waals surface area (Å²) in [5.41, 5.74) is 1.22. The Morgan fingerprint density at radius 3 is 2.63 bits per heavy atom. The van der Waals surface area contributed by atoms with Crippen LogP contribution in [0.25, 0.3) is 0 Å². The lowest BCUT2D eigenvalue weighted by atomic mass is 10.2. The maximum absolute atomic E-state index is 11.8. The Morgan fingerprint density at radius 1 is 1.37 bits per heavy atom. The molecule has 0 radical (unpaired) electrons. The van der Waals surface area contributed by atoms with Crippen molar-refractivity contribution < 1.29 is 9.53 Å². The first-order valence-corrected chi connectivity index (χ1v) is 6.89. The maximum Gasteiger partial charge on any atom is 0.260 e. The van der Waals surface area contributed by atoms with Gasteiger partial charge in [0.1, 0.15) is 5.75 Å². The van der Waals surface area contributed by atoms with E-state index in [1.54, 1.807) is 4.90 Å². The van der Waals surface area contributed by atoms with E-state index in [0.717, 1.165) is 31.7 Å². The third-order valence-electron chi connectivity index (χ3n) is 3.35. The average molecular weight is 262 g/mol. The van der Waals surface area contributed by atoms with Gasteiger partial charge in [-0.15, -0.1) is 0 Å². The van der Waals surface area contributed by atoms with Gasteiger partial charge in [-0.3, -0.25) is 4.79 Å². The number of ether oxygens (including phenoxy) is 1. The highest BCUT2D eigenvalue weighted by atomic mass is 16.5. The molecule has 4 heteroatoms. The molecule has 0 unspecified atom stereocenters. The molecule has 1 amide bonds. The zero-order valence-electron chi connectivity index (χ0n) is 11.7. The predicted molar refractivity (Wildman–Crippen MR) is 75.1 cm³/mol. The van der Waals surface area contributed by atoms with Crippen LogP contribution in [0.2, 0.25) is 0 Å². The van der Waals surface area contributed by atoms with E-state index in [9.17, 15) is 4.79 Å². The fourth-order valence-electron chi connectivity index (χ4n) is 1.89. The summed E-state index contributed by atoms with van der Waals surface area (Å²) in [5, 5.41) is 3.27. The van der Waals surface area contributed by atoms with Crippen molar-refractivity contribution >= 4 is 5.91 Å². The molecule has 0 bridgehead atoms. The monoisotopic (exact) mass is 262 g/mol. The van der Waals surface area contributed by atoms with Crippen molar-refractivity contribution in [2.45, 2.75) is 32.4 Å². The molecule has 1 aliphatic carbocycles. The van der Waals surface area contributed by atoms with Crippen molar-refractivity contribution in [3.05, 3.63) is 29.8 Å². The van der Waals surface area contributed by atoms with Gasteiger partial charge in [0, 0.05) is 19.6 Å². The van der Waals surface area contributed by atoms with E-state index in [2.05, 4.69) is 12.2 Å². The summed E-state index contributed by atoms with van der Waals surface area (Å²) in [4.78, 5) is 13.6. The van der Waals surface area contributed by atoms with Crippen LogP contribution in [-0.4, -0.2) is 37.0 Å². The first-order chi connectivity index (χ1) is 9.20. The van der Waals surface area contributed by atoms with Crippen molar-refractivity contribution in [2.24, 2.45) is 0 Å². The van der Waals surface area contributed by atoms with Crippen molar-refractivity contribution in [2.75, 3.05) is 20.2 Å². The highest BCUT2D eigenvalue weighted by Gasteiger charge is 2.29. The van der Waals surface area contributed by atoms with E-state index in [0.29, 0.717) is 6.04 Å². The molecular formula is C15H22N2O2. The van der Waals surface area contributed by atoms with Crippen LogP contribution >= 0.6 is 0 Å². The van der Waals surface area contributed by atoms with Crippen molar-refractivity contribution in [3.63, 3.8) is 0 Å². The summed E-state index contributed by atoms with van der Waals surface area (Å²) in [6.45, 7) is 4.03. The molecule has 0 spiro atoms. The van der Waals surface area contributed by atoms with E-state index in [-0.39, 0.29) is 12.5 Å². The van der Waals surface area contributed by atoms with Gasteiger partial charge in [0.25, 0.3) is 5.91 Å². The van der Waals surface area contributed by atoms with Gasteiger partial charge in [-0.05, 0) is 37.1 Å². The third kappa shape index (κ3) is 4.24. The van der Waals surface area contributed by atoms with Crippen LogP contribution in [0.5, 0.6) is 5.75 Å². The lowest BCUT2D eigenvalue weighted by Gasteiger charge is -2.16. The number of likely N-dealkylation sites (N-methyl/N-ethyl adjacent to an activating group) is 1. The molecule has 104 valence electrons. The number of hydrogen-bond donors (Lipinski definition) is 1. The normalized spacial score (nSPS) is 14.2. The molecule has 1 N–H and O–H groups in total. The number of nitrogens with zero attached hydrogens (tertiary/aromatic N) is 1. The molecule has 0 heterocycles. The second-order valence-corrected chi connectivity index (χ2v) is 4.95. The molecule has 0 aliphatic heterocycles. The van der Waals surface area contributed by atoms with E-state index >= 15 is 0 Å². The van der Waals surface area contributed by atoms with Gasteiger partial charge in [0.05, 0.1) is 0 Å². The Bertz CT molecular complexity index is 413. The van der Waals surface area contributed by atoms with Gasteiger partial charge < -0.3 is 15.0 Å². The van der Waals surface area contributed by atoms with Gasteiger partial charge in [0.2, 0.25) is 0 Å². The highest BCUT2D eigenvalue weighted by Crippen LogP contribution is 2.25. The molecule has 2 rings (SSSR count). The number of carbonyl (C=O) groups is 1. The quantitative estimate of drug-likeness (QED) is 0.814. The SMILES string of the molecule is CCNCc1ccc(OCC(=O)N(C)C2CC2)cc1. The number of rotatable bonds is 7. The van der Waals surface area contributed by atoms with Crippen LogP contribution < -0.4 is 10.1 Å². The minimum absolute atomic E-state index is 0.0548. The average Bonchev–Trinajstić information content (AvgIpc) is 3.27. The Kier molecular flexibility index (Phi) is 4.80. The fraction of sp³-hybridized carbons (Fsp3) is 0.533. The largest absolute Gasteiger partial charge is 0.484 e. The number of amides is 1. The summed E-state index contributed by atoms with van der Waals surface area (Å²) < 4.78 is 5.51. The summed E-state index contributed by atoms with van der Waals surface area (Å²) in [6.07, 6.45) is 2.25. The van der Waals surface area contributed by atoms with E-state index in [1.807, 2.05) is 31.3 Å². The first kappa shape index (κ1) is 13.9. The van der Waals surface area contributed by atoms with Crippen LogP contribution in [0.15, 0.2) is 24.3 Å². The summed E-state index contributed by atoms with van der Waals surface area (Å²) in [7, 11) is 1.85. The molecule has 0 saturated heterocycles. The van der Waals surface area contributed by atoms with Crippen LogP contribution in [0, 0.1) is 0 Å². The summed E-state index contributed by atoms with van der Waals surface area (Å²) >= 11 is 0. The molecule has 0 atom stereocenters. The molecule has 1 aromatic carbocycles. The number of hydrogen-bond acceptors (Lipinski definition) is 3. The number of nitrogens with one attached hydrogen (secondary N) is 1. The van der Waals surface area contributed by atoms with Crippen LogP contribution in [0.3, 0.4) is 0 Å². The van der Waals surface area contributed by atoms with Gasteiger partial charge >= 0.3 is 0 Å². The Morgan fingerprint density at radius 2 is 2.05 bits per heavy atom. The van der Waals surface area contributed by atoms with Crippen LogP contribution in [-0.2, 0) is 11.3 Å². The molecule has 1 aliphatic rings. The Labute approximate surface area is 114 Å². The van der Waals surface area contributed by atoms with E-state index in [1.165, 1.54) is 5.56 Å². The second kappa shape index (κ2) is 6.57. The zero-order chi connectivity index (χ0) is 13.7. The Hall–Kier alpha value is -1.55. The summed E-state index contributed by atoms with van der Waals surface area (Å²) in [5.74, 6) is 0.803. The van der Waals surface area contributed by atoms with Gasteiger partial charge in [-0.25, -0.2) is 0 Å². The van der Waals surface area contributed by atoms with Crippen molar-refractivity contribution in [1.29, 1.82) is 0 Å². The van der Waals surface area contributed by atoms with Gasteiger partial charge in [-0.1, -0.05) is 19.1 Å².